The molecule has 3 aromatic rings. The van der Waals surface area contributed by atoms with E-state index in [-0.39, 0.29) is 5.91 Å². The van der Waals surface area contributed by atoms with Crippen LogP contribution in [-0.2, 0) is 10.5 Å². The number of fused-ring (bicyclic) bond motifs is 1. The minimum atomic E-state index is 0.130. The smallest absolute Gasteiger partial charge is 0.228 e. The average molecular weight is 359 g/mol. The number of nitrogens with zero attached hydrogens (tertiary/aromatic N) is 5. The topological polar surface area (TPSA) is 63.4 Å². The Bertz CT molecular complexity index is 837. The number of hydrogen-bond donors (Lipinski definition) is 0. The van der Waals surface area contributed by atoms with Gasteiger partial charge in [0.1, 0.15) is 5.65 Å². The molecule has 0 radical (unpaired) electrons. The highest BCUT2D eigenvalue weighted by Crippen LogP contribution is 2.36. The molecule has 1 aliphatic carbocycles. The molecule has 1 aliphatic rings. The maximum atomic E-state index is 12.1. The summed E-state index contributed by atoms with van der Waals surface area (Å²) >= 11 is 3.10. The minimum absolute atomic E-state index is 0.130. The van der Waals surface area contributed by atoms with Gasteiger partial charge >= 0.3 is 0 Å². The Morgan fingerprint density at radius 1 is 1.42 bits per heavy atom. The number of amides is 1. The third-order valence-corrected chi connectivity index (χ3v) is 5.93. The van der Waals surface area contributed by atoms with E-state index in [1.54, 1.807) is 11.8 Å². The van der Waals surface area contributed by atoms with Crippen molar-refractivity contribution in [2.45, 2.75) is 42.3 Å². The number of pyridine rings is 1. The molecule has 1 fully saturated rings. The molecule has 3 aromatic heterocycles. The van der Waals surface area contributed by atoms with Gasteiger partial charge in [-0.3, -0.25) is 9.69 Å². The van der Waals surface area contributed by atoms with Gasteiger partial charge in [-0.1, -0.05) is 36.1 Å². The fourth-order valence-corrected chi connectivity index (χ4v) is 4.33. The zero-order valence-electron chi connectivity index (χ0n) is 13.3. The molecule has 1 amide bonds. The Hall–Kier alpha value is -1.93. The zero-order valence-corrected chi connectivity index (χ0v) is 14.9. The first-order chi connectivity index (χ1) is 11.7. The average Bonchev–Trinajstić information content (AvgIpc) is 3.17. The predicted octanol–water partition coefficient (Wildman–Crippen LogP) is 3.38. The van der Waals surface area contributed by atoms with Crippen molar-refractivity contribution in [3.8, 4) is 0 Å². The summed E-state index contributed by atoms with van der Waals surface area (Å²) in [7, 11) is 0. The van der Waals surface area contributed by atoms with Crippen molar-refractivity contribution in [1.29, 1.82) is 0 Å². The lowest BCUT2D eigenvalue weighted by atomic mass is 10.4. The van der Waals surface area contributed by atoms with Gasteiger partial charge in [-0.25, -0.2) is 4.98 Å². The molecular weight excluding hydrogens is 342 g/mol. The highest BCUT2D eigenvalue weighted by molar-refractivity contribution is 8.00. The second-order valence-corrected chi connectivity index (χ2v) is 7.86. The molecular formula is C16H17N5OS2. The Morgan fingerprint density at radius 2 is 2.29 bits per heavy atom. The summed E-state index contributed by atoms with van der Waals surface area (Å²) in [4.78, 5) is 18.5. The van der Waals surface area contributed by atoms with Gasteiger partial charge in [0.25, 0.3) is 0 Å². The highest BCUT2D eigenvalue weighted by atomic mass is 32.2. The van der Waals surface area contributed by atoms with Crippen molar-refractivity contribution in [3.63, 3.8) is 0 Å². The number of aromatic nitrogens is 4. The molecule has 0 aromatic carbocycles. The first-order valence-corrected chi connectivity index (χ1v) is 9.76. The lowest BCUT2D eigenvalue weighted by molar-refractivity contribution is -0.118. The molecule has 24 heavy (non-hydrogen) atoms. The second-order valence-electron chi connectivity index (χ2n) is 5.69. The van der Waals surface area contributed by atoms with Crippen molar-refractivity contribution in [2.75, 3.05) is 4.90 Å². The van der Waals surface area contributed by atoms with E-state index in [2.05, 4.69) is 15.2 Å². The summed E-state index contributed by atoms with van der Waals surface area (Å²) < 4.78 is 2.88. The quantitative estimate of drug-likeness (QED) is 0.499. The fourth-order valence-electron chi connectivity index (χ4n) is 2.52. The normalized spacial score (nSPS) is 14.2. The van der Waals surface area contributed by atoms with Crippen LogP contribution in [0, 0.1) is 0 Å². The van der Waals surface area contributed by atoms with Crippen molar-refractivity contribution in [3.05, 3.63) is 36.3 Å². The van der Waals surface area contributed by atoms with E-state index in [0.29, 0.717) is 12.5 Å². The van der Waals surface area contributed by atoms with E-state index < -0.39 is 0 Å². The highest BCUT2D eigenvalue weighted by Gasteiger charge is 2.35. The number of carbonyl (C=O) groups is 1. The van der Waals surface area contributed by atoms with Crippen LogP contribution < -0.4 is 4.90 Å². The molecule has 4 rings (SSSR count). The molecule has 8 heteroatoms. The second kappa shape index (κ2) is 6.52. The van der Waals surface area contributed by atoms with Crippen molar-refractivity contribution in [1.82, 2.24) is 19.6 Å². The summed E-state index contributed by atoms with van der Waals surface area (Å²) in [5, 5.41) is 9.19. The van der Waals surface area contributed by atoms with E-state index in [1.807, 2.05) is 46.8 Å². The SMILES string of the molecule is CCC(=O)N(c1nnc(SCc2cn3ccccc3n2)s1)C1CC1. The van der Waals surface area contributed by atoms with Gasteiger partial charge in [-0.05, 0) is 25.0 Å². The van der Waals surface area contributed by atoms with E-state index >= 15 is 0 Å². The number of imidazole rings is 1. The molecule has 0 bridgehead atoms. The first-order valence-electron chi connectivity index (χ1n) is 7.95. The van der Waals surface area contributed by atoms with Crippen LogP contribution in [0.5, 0.6) is 0 Å². The van der Waals surface area contributed by atoms with E-state index in [4.69, 9.17) is 0 Å². The first kappa shape index (κ1) is 15.6. The number of rotatable bonds is 6. The van der Waals surface area contributed by atoms with Crippen LogP contribution in [-0.4, -0.2) is 31.5 Å². The van der Waals surface area contributed by atoms with Gasteiger partial charge in [0.05, 0.1) is 5.69 Å². The van der Waals surface area contributed by atoms with Crippen LogP contribution in [0.2, 0.25) is 0 Å². The molecule has 0 spiro atoms. The van der Waals surface area contributed by atoms with Crippen molar-refractivity contribution < 1.29 is 4.79 Å². The predicted molar refractivity (Wildman–Crippen MR) is 95.5 cm³/mol. The summed E-state index contributed by atoms with van der Waals surface area (Å²) in [6.07, 6.45) is 6.65. The molecule has 0 aliphatic heterocycles. The van der Waals surface area contributed by atoms with Crippen LogP contribution in [0.15, 0.2) is 34.9 Å². The summed E-state index contributed by atoms with van der Waals surface area (Å²) in [6, 6.07) is 6.27. The lowest BCUT2D eigenvalue weighted by Crippen LogP contribution is -2.32. The third kappa shape index (κ3) is 3.16. The van der Waals surface area contributed by atoms with E-state index in [9.17, 15) is 4.79 Å². The molecule has 6 nitrogen and oxygen atoms in total. The van der Waals surface area contributed by atoms with Crippen LogP contribution in [0.1, 0.15) is 31.9 Å². The standard InChI is InChI=1S/C16H17N5OS2/c1-2-14(22)21(12-6-7-12)15-18-19-16(24-15)23-10-11-9-20-8-4-3-5-13(20)17-11/h3-5,8-9,12H,2,6-7,10H2,1H3. The summed E-state index contributed by atoms with van der Waals surface area (Å²) in [6.45, 7) is 1.89. The van der Waals surface area contributed by atoms with Crippen LogP contribution in [0.3, 0.4) is 0 Å². The maximum absolute atomic E-state index is 12.1. The largest absolute Gasteiger partial charge is 0.307 e. The Morgan fingerprint density at radius 3 is 3.04 bits per heavy atom. The third-order valence-electron chi connectivity index (χ3n) is 3.84. The van der Waals surface area contributed by atoms with Gasteiger partial charge in [0.15, 0.2) is 4.34 Å². The fraction of sp³-hybridized carbons (Fsp3) is 0.375. The van der Waals surface area contributed by atoms with Crippen LogP contribution >= 0.6 is 23.1 Å². The molecule has 0 atom stereocenters. The van der Waals surface area contributed by atoms with E-state index in [0.717, 1.165) is 39.4 Å². The minimum Gasteiger partial charge on any atom is -0.307 e. The van der Waals surface area contributed by atoms with E-state index in [1.165, 1.54) is 11.3 Å². The molecule has 1 saturated carbocycles. The number of hydrogen-bond acceptors (Lipinski definition) is 6. The van der Waals surface area contributed by atoms with Crippen LogP contribution in [0.25, 0.3) is 5.65 Å². The number of thioether (sulfide) groups is 1. The Kier molecular flexibility index (Phi) is 4.24. The molecule has 0 N–H and O–H groups in total. The molecule has 0 saturated heterocycles. The maximum Gasteiger partial charge on any atom is 0.228 e. The van der Waals surface area contributed by atoms with Gasteiger partial charge in [-0.2, -0.15) is 0 Å². The summed E-state index contributed by atoms with van der Waals surface area (Å²) in [5.41, 5.74) is 1.95. The van der Waals surface area contributed by atoms with Crippen molar-refractivity contribution >= 4 is 39.8 Å². The van der Waals surface area contributed by atoms with Gasteiger partial charge in [-0.15, -0.1) is 10.2 Å². The monoisotopic (exact) mass is 359 g/mol. The summed E-state index contributed by atoms with van der Waals surface area (Å²) in [5.74, 6) is 0.868. The van der Waals surface area contributed by atoms with Gasteiger partial charge in [0, 0.05) is 30.6 Å². The number of carbonyl (C=O) groups excluding carboxylic acids is 1. The Labute approximate surface area is 147 Å². The van der Waals surface area contributed by atoms with Gasteiger partial charge < -0.3 is 4.40 Å². The molecule has 124 valence electrons. The van der Waals surface area contributed by atoms with Crippen LogP contribution in [0.4, 0.5) is 5.13 Å². The number of anilines is 1. The zero-order chi connectivity index (χ0) is 16.5. The molecule has 0 unspecified atom stereocenters. The molecule has 3 heterocycles. The Balaban J connectivity index is 1.45. The van der Waals surface area contributed by atoms with Crippen molar-refractivity contribution in [2.24, 2.45) is 0 Å². The van der Waals surface area contributed by atoms with Gasteiger partial charge in [0.2, 0.25) is 11.0 Å². The lowest BCUT2D eigenvalue weighted by Gasteiger charge is -2.17.